The lowest BCUT2D eigenvalue weighted by Gasteiger charge is -2.31. The fourth-order valence-corrected chi connectivity index (χ4v) is 3.68. The van der Waals surface area contributed by atoms with Crippen LogP contribution in [0.25, 0.3) is 0 Å². The van der Waals surface area contributed by atoms with Crippen molar-refractivity contribution in [2.24, 2.45) is 11.8 Å². The number of hydrogen-bond donors (Lipinski definition) is 0. The third-order valence-electron chi connectivity index (χ3n) is 3.00. The summed E-state index contributed by atoms with van der Waals surface area (Å²) in [6.45, 7) is 0. The Morgan fingerprint density at radius 2 is 2.00 bits per heavy atom. The molecule has 2 atom stereocenters. The van der Waals surface area contributed by atoms with Crippen LogP contribution in [0.15, 0.2) is 22.6 Å². The van der Waals surface area contributed by atoms with Gasteiger partial charge in [-0.25, -0.2) is 0 Å². The van der Waals surface area contributed by atoms with Gasteiger partial charge in [-0.3, -0.25) is 4.79 Å². The minimum absolute atomic E-state index is 0.397. The van der Waals surface area contributed by atoms with Crippen molar-refractivity contribution >= 4 is 17.5 Å². The van der Waals surface area contributed by atoms with Gasteiger partial charge in [0.25, 0.3) is 0 Å². The number of carbonyl (C=O) groups excluding carboxylic acids is 1. The van der Waals surface area contributed by atoms with Crippen molar-refractivity contribution < 1.29 is 4.79 Å². The first-order chi connectivity index (χ1) is 5.86. The lowest BCUT2D eigenvalue weighted by atomic mass is 9.75. The molecule has 4 aliphatic rings. The van der Waals surface area contributed by atoms with Crippen LogP contribution in [0.5, 0.6) is 0 Å². The molecule has 2 heteroatoms. The highest BCUT2D eigenvalue weighted by Crippen LogP contribution is 2.49. The largest absolute Gasteiger partial charge is 0.294 e. The Morgan fingerprint density at radius 1 is 1.25 bits per heavy atom. The van der Waals surface area contributed by atoms with Crippen LogP contribution in [0.1, 0.15) is 12.8 Å². The summed E-state index contributed by atoms with van der Waals surface area (Å²) in [4.78, 5) is 12.9. The molecule has 1 nitrogen and oxygen atoms in total. The minimum atomic E-state index is 0.397. The van der Waals surface area contributed by atoms with Crippen molar-refractivity contribution in [2.45, 2.75) is 12.8 Å². The lowest BCUT2D eigenvalue weighted by molar-refractivity contribution is -0.113. The van der Waals surface area contributed by atoms with Crippen LogP contribution in [-0.2, 0) is 4.79 Å². The van der Waals surface area contributed by atoms with E-state index in [0.717, 1.165) is 0 Å². The maximum Gasteiger partial charge on any atom is 0.170 e. The van der Waals surface area contributed by atoms with E-state index in [0.29, 0.717) is 23.4 Å². The van der Waals surface area contributed by atoms with Crippen molar-refractivity contribution in [3.63, 3.8) is 0 Å². The summed E-state index contributed by atoms with van der Waals surface area (Å²) in [5, 5.41) is 0. The molecule has 0 radical (unpaired) electrons. The average molecular weight is 178 g/mol. The van der Waals surface area contributed by atoms with Gasteiger partial charge < -0.3 is 0 Å². The molecule has 0 saturated carbocycles. The van der Waals surface area contributed by atoms with E-state index in [1.165, 1.54) is 23.3 Å². The van der Waals surface area contributed by atoms with Crippen LogP contribution in [0.2, 0.25) is 0 Å². The van der Waals surface area contributed by atoms with Crippen molar-refractivity contribution in [2.75, 3.05) is 5.75 Å². The second kappa shape index (κ2) is 2.25. The number of hydrogen-bond acceptors (Lipinski definition) is 2. The van der Waals surface area contributed by atoms with E-state index >= 15 is 0 Å². The smallest absolute Gasteiger partial charge is 0.170 e. The van der Waals surface area contributed by atoms with Crippen molar-refractivity contribution in [3.8, 4) is 0 Å². The van der Waals surface area contributed by atoms with Crippen molar-refractivity contribution in [1.82, 2.24) is 0 Å². The number of carbonyl (C=O) groups is 1. The molecule has 2 bridgehead atoms. The van der Waals surface area contributed by atoms with Gasteiger partial charge in [0.05, 0.1) is 5.75 Å². The van der Waals surface area contributed by atoms with Gasteiger partial charge in [0.15, 0.2) is 5.78 Å². The van der Waals surface area contributed by atoms with Crippen LogP contribution >= 0.6 is 11.8 Å². The molecule has 0 aromatic carbocycles. The van der Waals surface area contributed by atoms with Gasteiger partial charge in [0, 0.05) is 17.4 Å². The molecule has 12 heavy (non-hydrogen) atoms. The summed E-state index contributed by atoms with van der Waals surface area (Å²) < 4.78 is 0. The molecule has 0 amide bonds. The molecule has 1 aliphatic heterocycles. The first-order valence-electron chi connectivity index (χ1n) is 4.44. The second-order valence-corrected chi connectivity index (χ2v) is 4.68. The molecule has 0 saturated heterocycles. The van der Waals surface area contributed by atoms with E-state index in [1.807, 2.05) is 0 Å². The van der Waals surface area contributed by atoms with Crippen LogP contribution in [0.3, 0.4) is 0 Å². The Kier molecular flexibility index (Phi) is 1.31. The molecule has 0 fully saturated rings. The van der Waals surface area contributed by atoms with Crippen molar-refractivity contribution in [1.29, 1.82) is 0 Å². The number of Topliss-reactive ketones (excluding diaryl/α,β-unsaturated/α-hetero) is 1. The average Bonchev–Trinajstić information content (AvgIpc) is 2.53. The van der Waals surface area contributed by atoms with E-state index in [4.69, 9.17) is 0 Å². The Morgan fingerprint density at radius 3 is 2.67 bits per heavy atom. The molecule has 2 unspecified atom stereocenters. The Bertz CT molecular complexity index is 314. The molecular formula is C10H10OS. The van der Waals surface area contributed by atoms with Gasteiger partial charge in [-0.1, -0.05) is 12.2 Å². The number of rotatable bonds is 0. The SMILES string of the molecule is O=C1CSC2=C1C1C=CC2CC1. The lowest BCUT2D eigenvalue weighted by Crippen LogP contribution is -2.21. The highest BCUT2D eigenvalue weighted by atomic mass is 32.2. The molecule has 0 spiro atoms. The monoisotopic (exact) mass is 178 g/mol. The molecule has 1 heterocycles. The second-order valence-electron chi connectivity index (χ2n) is 3.67. The molecule has 0 aromatic heterocycles. The summed E-state index contributed by atoms with van der Waals surface area (Å²) in [7, 11) is 0. The van der Waals surface area contributed by atoms with Crippen LogP contribution in [0, 0.1) is 11.8 Å². The number of thioether (sulfide) groups is 1. The molecule has 3 aliphatic carbocycles. The van der Waals surface area contributed by atoms with Gasteiger partial charge in [-0.15, -0.1) is 11.8 Å². The van der Waals surface area contributed by atoms with Gasteiger partial charge in [-0.05, 0) is 17.7 Å². The van der Waals surface area contributed by atoms with Crippen LogP contribution < -0.4 is 0 Å². The molecule has 62 valence electrons. The van der Waals surface area contributed by atoms with E-state index in [-0.39, 0.29) is 0 Å². The third kappa shape index (κ3) is 0.738. The Labute approximate surface area is 75.9 Å². The Hall–Kier alpha value is -0.500. The van der Waals surface area contributed by atoms with Crippen LogP contribution in [0.4, 0.5) is 0 Å². The van der Waals surface area contributed by atoms with E-state index < -0.39 is 0 Å². The quantitative estimate of drug-likeness (QED) is 0.529. The minimum Gasteiger partial charge on any atom is -0.294 e. The molecule has 4 rings (SSSR count). The first-order valence-corrected chi connectivity index (χ1v) is 5.43. The number of allylic oxidation sites excluding steroid dienone is 4. The summed E-state index contributed by atoms with van der Waals surface area (Å²) in [6.07, 6.45) is 6.99. The van der Waals surface area contributed by atoms with Gasteiger partial charge in [0.2, 0.25) is 0 Å². The summed E-state index contributed by atoms with van der Waals surface area (Å²) in [6, 6.07) is 0. The van der Waals surface area contributed by atoms with Gasteiger partial charge >= 0.3 is 0 Å². The van der Waals surface area contributed by atoms with Gasteiger partial charge in [0.1, 0.15) is 0 Å². The Balaban J connectivity index is 2.13. The summed E-state index contributed by atoms with van der Waals surface area (Å²) in [5.41, 5.74) is 1.17. The van der Waals surface area contributed by atoms with E-state index in [9.17, 15) is 4.79 Å². The third-order valence-corrected chi connectivity index (χ3v) is 4.24. The highest BCUT2D eigenvalue weighted by molar-refractivity contribution is 8.04. The normalized spacial score (nSPS) is 37.8. The maximum absolute atomic E-state index is 11.5. The fraction of sp³-hybridized carbons (Fsp3) is 0.500. The zero-order chi connectivity index (χ0) is 8.13. The van der Waals surface area contributed by atoms with Gasteiger partial charge in [-0.2, -0.15) is 0 Å². The highest BCUT2D eigenvalue weighted by Gasteiger charge is 2.38. The fourth-order valence-electron chi connectivity index (χ4n) is 2.41. The first kappa shape index (κ1) is 6.96. The summed E-state index contributed by atoms with van der Waals surface area (Å²) >= 11 is 1.78. The predicted octanol–water partition coefficient (Wildman–Crippen LogP) is 2.15. The molecule has 0 N–H and O–H groups in total. The zero-order valence-electron chi connectivity index (χ0n) is 6.75. The predicted molar refractivity (Wildman–Crippen MR) is 49.8 cm³/mol. The van der Waals surface area contributed by atoms with E-state index in [2.05, 4.69) is 12.2 Å². The topological polar surface area (TPSA) is 17.1 Å². The van der Waals surface area contributed by atoms with Crippen LogP contribution in [-0.4, -0.2) is 11.5 Å². The number of fused-ring (bicyclic) bond motifs is 1. The number of ketones is 1. The maximum atomic E-state index is 11.5. The van der Waals surface area contributed by atoms with Crippen molar-refractivity contribution in [3.05, 3.63) is 22.6 Å². The van der Waals surface area contributed by atoms with E-state index in [1.54, 1.807) is 11.8 Å². The zero-order valence-corrected chi connectivity index (χ0v) is 7.56. The molecular weight excluding hydrogens is 168 g/mol. The summed E-state index contributed by atoms with van der Waals surface area (Å²) in [5.74, 6) is 2.18. The standard InChI is InChI=1S/C10H10OS/c11-8-5-12-10-7-3-1-6(2-4-7)9(8)10/h1,3,6-7H,2,4-5H2. The molecule has 0 aromatic rings.